The first-order valence-corrected chi connectivity index (χ1v) is 8.43. The largest absolute Gasteiger partial charge is 0.337 e. The van der Waals surface area contributed by atoms with Gasteiger partial charge >= 0.3 is 0 Å². The van der Waals surface area contributed by atoms with Gasteiger partial charge in [-0.15, -0.1) is 0 Å². The van der Waals surface area contributed by atoms with Crippen LogP contribution in [0.25, 0.3) is 11.4 Å². The van der Waals surface area contributed by atoms with Crippen molar-refractivity contribution in [3.8, 4) is 11.4 Å². The number of rotatable bonds is 3. The Balaban J connectivity index is 1.96. The predicted octanol–water partition coefficient (Wildman–Crippen LogP) is 5.23. The lowest BCUT2D eigenvalue weighted by Crippen LogP contribution is -2.10. The van der Waals surface area contributed by atoms with Gasteiger partial charge in [0.25, 0.3) is 5.89 Å². The van der Waals surface area contributed by atoms with Crippen molar-refractivity contribution in [2.24, 2.45) is 0 Å². The monoisotopic (exact) mass is 414 g/mol. The molecule has 3 aromatic rings. The summed E-state index contributed by atoms with van der Waals surface area (Å²) in [5.74, 6) is 0.887. The van der Waals surface area contributed by atoms with E-state index in [-0.39, 0.29) is 6.04 Å². The normalized spacial score (nSPS) is 12.6. The Hall–Kier alpha value is -1.37. The topological polar surface area (TPSA) is 56.7 Å². The van der Waals surface area contributed by atoms with Gasteiger partial charge in [0.15, 0.2) is 0 Å². The van der Waals surface area contributed by atoms with Crippen LogP contribution in [0.5, 0.6) is 0 Å². The van der Waals surface area contributed by atoms with Crippen LogP contribution in [0, 0.1) is 13.8 Å². The Kier molecular flexibility index (Phi) is 4.49. The summed E-state index contributed by atoms with van der Waals surface area (Å²) < 4.78 is 8.22. The van der Waals surface area contributed by atoms with Crippen molar-refractivity contribution in [1.82, 2.24) is 19.9 Å². The van der Waals surface area contributed by atoms with Crippen molar-refractivity contribution in [3.05, 3.63) is 50.0 Å². The van der Waals surface area contributed by atoms with Gasteiger partial charge in [-0.2, -0.15) is 10.1 Å². The lowest BCUT2D eigenvalue weighted by atomic mass is 10.2. The van der Waals surface area contributed by atoms with Crippen LogP contribution in [0.4, 0.5) is 0 Å². The molecule has 0 N–H and O–H groups in total. The molecule has 1 unspecified atom stereocenters. The molecule has 120 valence electrons. The van der Waals surface area contributed by atoms with Crippen molar-refractivity contribution in [3.63, 3.8) is 0 Å². The van der Waals surface area contributed by atoms with E-state index in [0.717, 1.165) is 15.9 Å². The van der Waals surface area contributed by atoms with E-state index in [1.165, 1.54) is 0 Å². The minimum Gasteiger partial charge on any atom is -0.337 e. The highest BCUT2D eigenvalue weighted by Gasteiger charge is 2.22. The molecule has 0 aliphatic rings. The van der Waals surface area contributed by atoms with E-state index in [1.54, 1.807) is 18.2 Å². The van der Waals surface area contributed by atoms with E-state index in [9.17, 15) is 0 Å². The molecule has 3 rings (SSSR count). The number of hydrogen-bond donors (Lipinski definition) is 0. The Morgan fingerprint density at radius 2 is 2.00 bits per heavy atom. The summed E-state index contributed by atoms with van der Waals surface area (Å²) in [4.78, 5) is 4.45. The van der Waals surface area contributed by atoms with E-state index in [0.29, 0.717) is 27.3 Å². The molecule has 0 aliphatic carbocycles. The smallest absolute Gasteiger partial charge is 0.251 e. The second kappa shape index (κ2) is 6.26. The summed E-state index contributed by atoms with van der Waals surface area (Å²) in [7, 11) is 0. The molecule has 5 nitrogen and oxygen atoms in total. The predicted molar refractivity (Wildman–Crippen MR) is 93.0 cm³/mol. The van der Waals surface area contributed by atoms with Crippen LogP contribution in [0.15, 0.2) is 27.2 Å². The highest BCUT2D eigenvalue weighted by molar-refractivity contribution is 9.10. The van der Waals surface area contributed by atoms with Crippen molar-refractivity contribution in [1.29, 1.82) is 0 Å². The molecule has 2 heterocycles. The van der Waals surface area contributed by atoms with Crippen molar-refractivity contribution < 1.29 is 4.52 Å². The number of aryl methyl sites for hydroxylation is 1. The molecule has 8 heteroatoms. The van der Waals surface area contributed by atoms with Gasteiger partial charge in [0.1, 0.15) is 6.04 Å². The average Bonchev–Trinajstić information content (AvgIpc) is 3.08. The lowest BCUT2D eigenvalue weighted by molar-refractivity contribution is 0.334. The first-order valence-electron chi connectivity index (χ1n) is 6.88. The van der Waals surface area contributed by atoms with Gasteiger partial charge in [-0.05, 0) is 54.9 Å². The zero-order chi connectivity index (χ0) is 16.7. The SMILES string of the molecule is Cc1nn(C(C)c2nc(-c3ccc(Cl)cc3Cl)no2)c(C)c1Br. The summed E-state index contributed by atoms with van der Waals surface area (Å²) in [5.41, 5.74) is 2.59. The maximum Gasteiger partial charge on any atom is 0.251 e. The number of halogens is 3. The average molecular weight is 416 g/mol. The second-order valence-corrected chi connectivity index (χ2v) is 6.82. The first kappa shape index (κ1) is 16.5. The minimum atomic E-state index is -0.188. The molecule has 0 bridgehead atoms. The molecule has 0 amide bonds. The van der Waals surface area contributed by atoms with Crippen LogP contribution in [0.3, 0.4) is 0 Å². The van der Waals surface area contributed by atoms with E-state index < -0.39 is 0 Å². The summed E-state index contributed by atoms with van der Waals surface area (Å²) in [6.45, 7) is 5.87. The number of nitrogens with zero attached hydrogens (tertiary/aromatic N) is 4. The Bertz CT molecular complexity index is 874. The lowest BCUT2D eigenvalue weighted by Gasteiger charge is -2.09. The Morgan fingerprint density at radius 3 is 2.61 bits per heavy atom. The number of benzene rings is 1. The third kappa shape index (κ3) is 3.03. The highest BCUT2D eigenvalue weighted by atomic mass is 79.9. The van der Waals surface area contributed by atoms with Crippen molar-refractivity contribution in [2.45, 2.75) is 26.8 Å². The molecular weight excluding hydrogens is 403 g/mol. The molecule has 1 aromatic carbocycles. The van der Waals surface area contributed by atoms with Gasteiger partial charge in [-0.3, -0.25) is 4.68 Å². The fraction of sp³-hybridized carbons (Fsp3) is 0.267. The maximum atomic E-state index is 6.19. The van der Waals surface area contributed by atoms with Gasteiger partial charge in [0.05, 0.1) is 20.9 Å². The highest BCUT2D eigenvalue weighted by Crippen LogP contribution is 2.30. The quantitative estimate of drug-likeness (QED) is 0.587. The molecular formula is C15H13BrCl2N4O. The molecule has 1 atom stereocenters. The van der Waals surface area contributed by atoms with Crippen LogP contribution in [0.1, 0.15) is 30.2 Å². The molecule has 0 aliphatic heterocycles. The van der Waals surface area contributed by atoms with Gasteiger partial charge in [-0.25, -0.2) is 0 Å². The van der Waals surface area contributed by atoms with Crippen LogP contribution >= 0.6 is 39.1 Å². The molecule has 23 heavy (non-hydrogen) atoms. The molecule has 0 saturated heterocycles. The summed E-state index contributed by atoms with van der Waals surface area (Å²) in [5, 5.41) is 9.55. The van der Waals surface area contributed by atoms with Gasteiger partial charge in [-0.1, -0.05) is 28.4 Å². The van der Waals surface area contributed by atoms with E-state index in [2.05, 4.69) is 31.2 Å². The third-order valence-corrected chi connectivity index (χ3v) is 5.27. The third-order valence-electron chi connectivity index (χ3n) is 3.57. The maximum absolute atomic E-state index is 6.19. The van der Waals surface area contributed by atoms with Gasteiger partial charge < -0.3 is 4.52 Å². The molecule has 0 radical (unpaired) electrons. The summed E-state index contributed by atoms with van der Waals surface area (Å²) in [6, 6.07) is 4.97. The number of aromatic nitrogens is 4. The fourth-order valence-electron chi connectivity index (χ4n) is 2.31. The van der Waals surface area contributed by atoms with Crippen molar-refractivity contribution >= 4 is 39.1 Å². The Morgan fingerprint density at radius 1 is 1.26 bits per heavy atom. The molecule has 2 aromatic heterocycles. The molecule has 0 fully saturated rings. The van der Waals surface area contributed by atoms with Crippen molar-refractivity contribution in [2.75, 3.05) is 0 Å². The second-order valence-electron chi connectivity index (χ2n) is 5.19. The number of hydrogen-bond acceptors (Lipinski definition) is 4. The van der Waals surface area contributed by atoms with E-state index in [1.807, 2.05) is 25.5 Å². The zero-order valence-electron chi connectivity index (χ0n) is 12.6. The van der Waals surface area contributed by atoms with E-state index >= 15 is 0 Å². The van der Waals surface area contributed by atoms with Crippen LogP contribution < -0.4 is 0 Å². The van der Waals surface area contributed by atoms with E-state index in [4.69, 9.17) is 27.7 Å². The van der Waals surface area contributed by atoms with Crippen LogP contribution in [-0.4, -0.2) is 19.9 Å². The zero-order valence-corrected chi connectivity index (χ0v) is 15.7. The van der Waals surface area contributed by atoms with Gasteiger partial charge in [0.2, 0.25) is 5.82 Å². The summed E-state index contributed by atoms with van der Waals surface area (Å²) in [6.07, 6.45) is 0. The standard InChI is InChI=1S/C15H13BrCl2N4O/c1-7-13(16)8(2)22(20-7)9(3)15-19-14(21-23-15)11-5-4-10(17)6-12(11)18/h4-6,9H,1-3H3. The summed E-state index contributed by atoms with van der Waals surface area (Å²) >= 11 is 15.6. The Labute approximate surface area is 151 Å². The van der Waals surface area contributed by atoms with Crippen LogP contribution in [-0.2, 0) is 0 Å². The van der Waals surface area contributed by atoms with Crippen LogP contribution in [0.2, 0.25) is 10.0 Å². The molecule has 0 saturated carbocycles. The van der Waals surface area contributed by atoms with Gasteiger partial charge in [0, 0.05) is 10.6 Å². The molecule has 0 spiro atoms. The fourth-order valence-corrected chi connectivity index (χ4v) is 3.06. The first-order chi connectivity index (χ1) is 10.9. The minimum absolute atomic E-state index is 0.188.